The molecule has 15 heteroatoms. The van der Waals surface area contributed by atoms with Gasteiger partial charge in [0.05, 0.1) is 37.6 Å². The third kappa shape index (κ3) is 11.5. The molecule has 0 amide bonds. The highest BCUT2D eigenvalue weighted by atomic mass is 16.7. The average molecular weight is 896 g/mol. The van der Waals surface area contributed by atoms with E-state index in [0.717, 1.165) is 27.5 Å². The Labute approximate surface area is 380 Å². The molecule has 340 valence electrons. The summed E-state index contributed by atoms with van der Waals surface area (Å²) in [6.45, 7) is -0.979. The molecule has 0 saturated carbocycles. The first-order valence-corrected chi connectivity index (χ1v) is 21.6. The number of esters is 2. The quantitative estimate of drug-likeness (QED) is 0.0374. The third-order valence-electron chi connectivity index (χ3n) is 11.3. The number of nitrogens with zero attached hydrogens (tertiary/aromatic N) is 3. The molecule has 6 aromatic rings. The van der Waals surface area contributed by atoms with Crippen molar-refractivity contribution in [3.8, 4) is 0 Å². The number of aliphatic hydroxyl groups is 2. The molecule has 6 aromatic carbocycles. The number of hydrogen-bond donors (Lipinski definition) is 2. The van der Waals surface area contributed by atoms with E-state index in [9.17, 15) is 25.3 Å². The number of hydrogen-bond acceptors (Lipinski definition) is 13. The molecule has 2 fully saturated rings. The van der Waals surface area contributed by atoms with Crippen molar-refractivity contribution in [2.75, 3.05) is 13.2 Å². The molecule has 2 aliphatic heterocycles. The second kappa shape index (κ2) is 22.6. The molecule has 8 rings (SSSR count). The molecule has 10 atom stereocenters. The molecule has 1 unspecified atom stereocenters. The van der Waals surface area contributed by atoms with Crippen LogP contribution in [0.5, 0.6) is 0 Å². The molecule has 0 aromatic heterocycles. The van der Waals surface area contributed by atoms with Gasteiger partial charge in [-0.1, -0.05) is 139 Å². The zero-order valence-corrected chi connectivity index (χ0v) is 35.7. The van der Waals surface area contributed by atoms with Crippen LogP contribution < -0.4 is 0 Å². The van der Waals surface area contributed by atoms with E-state index in [2.05, 4.69) is 10.0 Å². The molecule has 2 N–H and O–H groups in total. The highest BCUT2D eigenvalue weighted by Gasteiger charge is 2.54. The Morgan fingerprint density at radius 1 is 0.576 bits per heavy atom. The van der Waals surface area contributed by atoms with Gasteiger partial charge in [0.15, 0.2) is 18.7 Å². The van der Waals surface area contributed by atoms with Crippen molar-refractivity contribution < 1.29 is 57.7 Å². The zero-order chi connectivity index (χ0) is 45.7. The maximum absolute atomic E-state index is 13.5. The summed E-state index contributed by atoms with van der Waals surface area (Å²) in [7, 11) is 0. The molecule has 15 nitrogen and oxygen atoms in total. The minimum atomic E-state index is -1.77. The molecule has 2 saturated heterocycles. The molecular formula is C51H49N3O12. The number of ether oxygens (including phenoxy) is 8. The van der Waals surface area contributed by atoms with E-state index in [1.54, 1.807) is 60.7 Å². The van der Waals surface area contributed by atoms with Crippen molar-refractivity contribution in [1.82, 2.24) is 0 Å². The average Bonchev–Trinajstić information content (AvgIpc) is 3.36. The fourth-order valence-electron chi connectivity index (χ4n) is 8.03. The van der Waals surface area contributed by atoms with Crippen molar-refractivity contribution in [3.63, 3.8) is 0 Å². The van der Waals surface area contributed by atoms with Gasteiger partial charge in [-0.25, -0.2) is 9.59 Å². The summed E-state index contributed by atoms with van der Waals surface area (Å²) in [4.78, 5) is 30.2. The van der Waals surface area contributed by atoms with Crippen molar-refractivity contribution in [3.05, 3.63) is 202 Å². The molecular weight excluding hydrogens is 847 g/mol. The van der Waals surface area contributed by atoms with Crippen LogP contribution in [0, 0.1) is 0 Å². The van der Waals surface area contributed by atoms with Gasteiger partial charge < -0.3 is 48.1 Å². The first-order valence-electron chi connectivity index (χ1n) is 21.6. The predicted molar refractivity (Wildman–Crippen MR) is 239 cm³/mol. The van der Waals surface area contributed by atoms with E-state index in [1.807, 2.05) is 103 Å². The Kier molecular flexibility index (Phi) is 15.8. The van der Waals surface area contributed by atoms with Crippen LogP contribution in [-0.4, -0.2) is 96.7 Å². The number of rotatable bonds is 18. The third-order valence-corrected chi connectivity index (χ3v) is 11.3. The van der Waals surface area contributed by atoms with Gasteiger partial charge in [0.1, 0.15) is 49.3 Å². The standard InChI is InChI=1S/C51H49N3O12/c52-54-53-42-45(60-29-33-15-5-1-6-16-33)43(59-31-35-25-26-36-19-13-14-24-39(36)27-35)41(32-62-48(56)37-20-9-3-10-21-37)64-51(42)66-44-40(28-55)63-50(58)47(65-49(57)38-22-11-4-12-23-38)46(44)61-30-34-17-7-2-8-18-34/h1-27,40-47,50-51,55,58H,28-32H2/t40-,41+,42+,43+,44+,45+,46-,47+,50?,51+/m0/s1. The van der Waals surface area contributed by atoms with Crippen LogP contribution in [0.2, 0.25) is 0 Å². The fraction of sp³-hybridized carbons (Fsp3) is 0.294. The first kappa shape index (κ1) is 46.1. The molecule has 0 aliphatic carbocycles. The first-order chi connectivity index (χ1) is 32.4. The van der Waals surface area contributed by atoms with Crippen LogP contribution in [-0.2, 0) is 57.7 Å². The summed E-state index contributed by atoms with van der Waals surface area (Å²) in [5.74, 6) is -1.41. The lowest BCUT2D eigenvalue weighted by atomic mass is 9.95. The van der Waals surface area contributed by atoms with Gasteiger partial charge in [0, 0.05) is 4.91 Å². The Morgan fingerprint density at radius 2 is 1.12 bits per heavy atom. The maximum atomic E-state index is 13.5. The Balaban J connectivity index is 1.15. The van der Waals surface area contributed by atoms with Crippen molar-refractivity contribution in [2.45, 2.75) is 81.2 Å². The lowest BCUT2D eigenvalue weighted by Crippen LogP contribution is -2.65. The molecule has 0 spiro atoms. The van der Waals surface area contributed by atoms with Gasteiger partial charge in [-0.15, -0.1) is 0 Å². The van der Waals surface area contributed by atoms with Crippen LogP contribution in [0.25, 0.3) is 21.2 Å². The number of carbonyl (C=O) groups is 2. The van der Waals surface area contributed by atoms with Crippen LogP contribution in [0.4, 0.5) is 0 Å². The summed E-state index contributed by atoms with van der Waals surface area (Å²) in [5, 5.41) is 28.4. The van der Waals surface area contributed by atoms with Gasteiger partial charge in [-0.05, 0) is 63.3 Å². The van der Waals surface area contributed by atoms with Gasteiger partial charge in [-0.3, -0.25) is 0 Å². The van der Waals surface area contributed by atoms with E-state index < -0.39 is 79.9 Å². The largest absolute Gasteiger partial charge is 0.459 e. The fourth-order valence-corrected chi connectivity index (χ4v) is 8.03. The minimum Gasteiger partial charge on any atom is -0.459 e. The van der Waals surface area contributed by atoms with E-state index in [-0.39, 0.29) is 32.0 Å². The van der Waals surface area contributed by atoms with Crippen molar-refractivity contribution in [2.24, 2.45) is 5.11 Å². The number of azide groups is 1. The predicted octanol–water partition coefficient (Wildman–Crippen LogP) is 7.48. The molecule has 2 heterocycles. The Morgan fingerprint density at radius 3 is 1.74 bits per heavy atom. The lowest BCUT2D eigenvalue weighted by molar-refractivity contribution is -0.348. The highest BCUT2D eigenvalue weighted by Crippen LogP contribution is 2.36. The summed E-state index contributed by atoms with van der Waals surface area (Å²) in [6, 6.07) is 47.7. The van der Waals surface area contributed by atoms with Gasteiger partial charge in [0.25, 0.3) is 0 Å². The van der Waals surface area contributed by atoms with Crippen LogP contribution in [0.1, 0.15) is 37.4 Å². The Hall–Kier alpha value is -6.49. The number of carbonyl (C=O) groups excluding carboxylic acids is 2. The minimum absolute atomic E-state index is 0.0352. The van der Waals surface area contributed by atoms with Crippen molar-refractivity contribution in [1.29, 1.82) is 0 Å². The van der Waals surface area contributed by atoms with Crippen molar-refractivity contribution >= 4 is 22.7 Å². The lowest BCUT2D eigenvalue weighted by Gasteiger charge is -2.48. The van der Waals surface area contributed by atoms with Crippen LogP contribution >= 0.6 is 0 Å². The highest BCUT2D eigenvalue weighted by molar-refractivity contribution is 5.90. The Bertz CT molecular complexity index is 2530. The normalized spacial score (nSPS) is 25.1. The maximum Gasteiger partial charge on any atom is 0.338 e. The van der Waals surface area contributed by atoms with Gasteiger partial charge in [0.2, 0.25) is 0 Å². The smallest absolute Gasteiger partial charge is 0.338 e. The second-order valence-electron chi connectivity index (χ2n) is 15.8. The number of aliphatic hydroxyl groups excluding tert-OH is 2. The summed E-state index contributed by atoms with van der Waals surface area (Å²) < 4.78 is 50.9. The molecule has 0 radical (unpaired) electrons. The van der Waals surface area contributed by atoms with Crippen LogP contribution in [0.15, 0.2) is 169 Å². The topological polar surface area (TPSA) is 197 Å². The van der Waals surface area contributed by atoms with Gasteiger partial charge >= 0.3 is 11.9 Å². The number of benzene rings is 6. The molecule has 2 aliphatic rings. The van der Waals surface area contributed by atoms with Crippen LogP contribution in [0.3, 0.4) is 0 Å². The zero-order valence-electron chi connectivity index (χ0n) is 35.7. The molecule has 0 bridgehead atoms. The monoisotopic (exact) mass is 895 g/mol. The second-order valence-corrected chi connectivity index (χ2v) is 15.8. The summed E-state index contributed by atoms with van der Waals surface area (Å²) >= 11 is 0. The van der Waals surface area contributed by atoms with E-state index in [1.165, 1.54) is 0 Å². The molecule has 66 heavy (non-hydrogen) atoms. The number of fused-ring (bicyclic) bond motifs is 1. The SMILES string of the molecule is [N-]=[N+]=N[C@H]1[C@@H](O[C@H]2[C@H](OCc3ccccc3)[C@@H](OC(=O)c3ccccc3)C(O)O[C@H]2CO)O[C@H](COC(=O)c2ccccc2)[C@@H](OCc2ccc3ccccc3c2)[C@@H]1OCc1ccccc1. The van der Waals surface area contributed by atoms with E-state index in [0.29, 0.717) is 5.56 Å². The van der Waals surface area contributed by atoms with Gasteiger partial charge in [-0.2, -0.15) is 0 Å². The summed E-state index contributed by atoms with van der Waals surface area (Å²) in [6.07, 6.45) is -12.0. The van der Waals surface area contributed by atoms with E-state index in [4.69, 9.17) is 37.9 Å². The van der Waals surface area contributed by atoms with E-state index >= 15 is 0 Å². The summed E-state index contributed by atoms with van der Waals surface area (Å²) in [5.41, 5.74) is 13.0.